The molecule has 3 nitrogen and oxygen atoms in total. The van der Waals surface area contributed by atoms with Gasteiger partial charge in [-0.1, -0.05) is 6.42 Å². The lowest BCUT2D eigenvalue weighted by Gasteiger charge is -2.27. The molecule has 4 heteroatoms. The van der Waals surface area contributed by atoms with Crippen LogP contribution in [0, 0.1) is 0 Å². The van der Waals surface area contributed by atoms with E-state index >= 15 is 0 Å². The average molecular weight is 237 g/mol. The second-order valence-electron chi connectivity index (χ2n) is 4.94. The van der Waals surface area contributed by atoms with Crippen LogP contribution in [0.3, 0.4) is 0 Å². The summed E-state index contributed by atoms with van der Waals surface area (Å²) in [6.45, 7) is 2.31. The van der Waals surface area contributed by atoms with Crippen molar-refractivity contribution in [1.82, 2.24) is 14.8 Å². The van der Waals surface area contributed by atoms with Crippen molar-refractivity contribution >= 4 is 11.8 Å². The van der Waals surface area contributed by atoms with Crippen LogP contribution in [-0.4, -0.2) is 20.5 Å². The van der Waals surface area contributed by atoms with Gasteiger partial charge >= 0.3 is 0 Å². The number of rotatable bonds is 1. The van der Waals surface area contributed by atoms with Crippen LogP contribution in [0.2, 0.25) is 0 Å². The van der Waals surface area contributed by atoms with Crippen molar-refractivity contribution in [2.45, 2.75) is 56.7 Å². The molecule has 1 aromatic rings. The minimum absolute atomic E-state index is 0.607. The number of hydrogen-bond donors (Lipinski definition) is 0. The first-order chi connectivity index (χ1) is 7.86. The van der Waals surface area contributed by atoms with E-state index < -0.39 is 0 Å². The molecule has 1 fully saturated rings. The van der Waals surface area contributed by atoms with Crippen molar-refractivity contribution in [3.8, 4) is 0 Å². The fraction of sp³-hybridized carbons (Fsp3) is 0.833. The van der Waals surface area contributed by atoms with E-state index in [1.807, 2.05) is 0 Å². The van der Waals surface area contributed by atoms with Crippen LogP contribution in [0.4, 0.5) is 0 Å². The predicted molar refractivity (Wildman–Crippen MR) is 66.7 cm³/mol. The molecule has 2 aliphatic rings. The topological polar surface area (TPSA) is 30.7 Å². The van der Waals surface area contributed by atoms with E-state index in [0.717, 1.165) is 6.42 Å². The molecule has 0 saturated carbocycles. The van der Waals surface area contributed by atoms with Crippen molar-refractivity contribution < 1.29 is 0 Å². The van der Waals surface area contributed by atoms with Crippen LogP contribution in [0.1, 0.15) is 62.0 Å². The van der Waals surface area contributed by atoms with Gasteiger partial charge in [-0.05, 0) is 38.4 Å². The highest BCUT2D eigenvalue weighted by molar-refractivity contribution is 7.99. The second-order valence-corrected chi connectivity index (χ2v) is 6.25. The summed E-state index contributed by atoms with van der Waals surface area (Å²) in [5, 5.41) is 9.45. The zero-order chi connectivity index (χ0) is 11.0. The summed E-state index contributed by atoms with van der Waals surface area (Å²) in [5.41, 5.74) is 0. The summed E-state index contributed by atoms with van der Waals surface area (Å²) < 4.78 is 2.42. The van der Waals surface area contributed by atoms with Gasteiger partial charge in [0.05, 0.1) is 5.25 Å². The Bertz CT molecular complexity index is 368. The fourth-order valence-electron chi connectivity index (χ4n) is 2.84. The largest absolute Gasteiger partial charge is 0.311 e. The van der Waals surface area contributed by atoms with E-state index in [9.17, 15) is 0 Å². The molecule has 2 unspecified atom stereocenters. The Morgan fingerprint density at radius 3 is 2.94 bits per heavy atom. The first-order valence-electron chi connectivity index (χ1n) is 6.41. The highest BCUT2D eigenvalue weighted by Crippen LogP contribution is 2.39. The molecular formula is C12H19N3S. The number of fused-ring (bicyclic) bond motifs is 1. The minimum atomic E-state index is 0.607. The van der Waals surface area contributed by atoms with E-state index in [4.69, 9.17) is 0 Å². The maximum Gasteiger partial charge on any atom is 0.146 e. The third-order valence-corrected chi connectivity index (χ3v) is 5.10. The first kappa shape index (κ1) is 10.6. The van der Waals surface area contributed by atoms with Crippen molar-refractivity contribution in [1.29, 1.82) is 0 Å². The number of aryl methyl sites for hydroxylation is 1. The van der Waals surface area contributed by atoms with Gasteiger partial charge in [0.15, 0.2) is 0 Å². The molecule has 2 aliphatic heterocycles. The monoisotopic (exact) mass is 237 g/mol. The van der Waals surface area contributed by atoms with E-state index in [0.29, 0.717) is 11.3 Å². The summed E-state index contributed by atoms with van der Waals surface area (Å²) in [7, 11) is 0. The average Bonchev–Trinajstić information content (AvgIpc) is 2.75. The molecule has 0 N–H and O–H groups in total. The Morgan fingerprint density at radius 2 is 2.12 bits per heavy atom. The summed E-state index contributed by atoms with van der Waals surface area (Å²) in [4.78, 5) is 0. The molecule has 0 aliphatic carbocycles. The zero-order valence-electron chi connectivity index (χ0n) is 9.85. The molecule has 3 heterocycles. The maximum atomic E-state index is 4.46. The number of hydrogen-bond acceptors (Lipinski definition) is 3. The van der Waals surface area contributed by atoms with Gasteiger partial charge in [0.25, 0.3) is 0 Å². The number of nitrogens with zero attached hydrogens (tertiary/aromatic N) is 3. The highest BCUT2D eigenvalue weighted by Gasteiger charge is 2.27. The van der Waals surface area contributed by atoms with Gasteiger partial charge in [0.1, 0.15) is 11.6 Å². The third-order valence-electron chi connectivity index (χ3n) is 3.72. The van der Waals surface area contributed by atoms with Crippen molar-refractivity contribution in [2.24, 2.45) is 0 Å². The smallest absolute Gasteiger partial charge is 0.146 e. The summed E-state index contributed by atoms with van der Waals surface area (Å²) >= 11 is 2.07. The summed E-state index contributed by atoms with van der Waals surface area (Å²) in [6.07, 6.45) is 7.70. The van der Waals surface area contributed by atoms with Gasteiger partial charge in [-0.2, -0.15) is 11.8 Å². The molecule has 0 bridgehead atoms. The van der Waals surface area contributed by atoms with E-state index in [1.165, 1.54) is 49.5 Å². The summed E-state index contributed by atoms with van der Waals surface area (Å²) in [6, 6.07) is 0.608. The maximum absolute atomic E-state index is 4.46. The fourth-order valence-corrected chi connectivity index (χ4v) is 4.14. The summed E-state index contributed by atoms with van der Waals surface area (Å²) in [5.74, 6) is 3.77. The molecule has 0 spiro atoms. The number of aromatic nitrogens is 3. The van der Waals surface area contributed by atoms with Gasteiger partial charge in [0, 0.05) is 12.5 Å². The Morgan fingerprint density at radius 1 is 1.19 bits per heavy atom. The molecule has 0 aromatic carbocycles. The van der Waals surface area contributed by atoms with Gasteiger partial charge in [0.2, 0.25) is 0 Å². The molecule has 1 saturated heterocycles. The normalized spacial score (nSPS) is 30.1. The Balaban J connectivity index is 1.91. The second kappa shape index (κ2) is 4.40. The lowest BCUT2D eigenvalue weighted by Crippen LogP contribution is -2.19. The minimum Gasteiger partial charge on any atom is -0.311 e. The lowest BCUT2D eigenvalue weighted by molar-refractivity contribution is 0.410. The van der Waals surface area contributed by atoms with E-state index in [-0.39, 0.29) is 0 Å². The third kappa shape index (κ3) is 1.77. The van der Waals surface area contributed by atoms with Gasteiger partial charge in [-0.15, -0.1) is 10.2 Å². The molecule has 2 atom stereocenters. The quantitative estimate of drug-likeness (QED) is 0.752. The standard InChI is InChI=1S/C12H19N3S/c1-9-5-4-7-11-13-14-12(15(9)11)10-6-2-3-8-16-10/h9-10H,2-8H2,1H3. The predicted octanol–water partition coefficient (Wildman–Crippen LogP) is 3.13. The Hall–Kier alpha value is -0.510. The van der Waals surface area contributed by atoms with Crippen LogP contribution >= 0.6 is 11.8 Å². The SMILES string of the molecule is CC1CCCc2nnc(C3CCCCS3)n21. The molecule has 3 rings (SSSR count). The molecule has 1 aromatic heterocycles. The van der Waals surface area contributed by atoms with E-state index in [1.54, 1.807) is 0 Å². The van der Waals surface area contributed by atoms with Gasteiger partial charge in [-0.3, -0.25) is 0 Å². The van der Waals surface area contributed by atoms with Crippen LogP contribution in [0.5, 0.6) is 0 Å². The van der Waals surface area contributed by atoms with Crippen molar-refractivity contribution in [2.75, 3.05) is 5.75 Å². The van der Waals surface area contributed by atoms with Crippen LogP contribution in [-0.2, 0) is 6.42 Å². The van der Waals surface area contributed by atoms with E-state index in [2.05, 4.69) is 33.5 Å². The van der Waals surface area contributed by atoms with Crippen LogP contribution in [0.25, 0.3) is 0 Å². The zero-order valence-corrected chi connectivity index (χ0v) is 10.7. The molecular weight excluding hydrogens is 218 g/mol. The Kier molecular flexibility index (Phi) is 2.92. The first-order valence-corrected chi connectivity index (χ1v) is 7.46. The van der Waals surface area contributed by atoms with Crippen molar-refractivity contribution in [3.63, 3.8) is 0 Å². The molecule has 0 radical (unpaired) electrons. The Labute approximate surface area is 101 Å². The van der Waals surface area contributed by atoms with Crippen LogP contribution in [0.15, 0.2) is 0 Å². The number of thioether (sulfide) groups is 1. The van der Waals surface area contributed by atoms with Crippen LogP contribution < -0.4 is 0 Å². The highest BCUT2D eigenvalue weighted by atomic mass is 32.2. The van der Waals surface area contributed by atoms with Crippen molar-refractivity contribution in [3.05, 3.63) is 11.6 Å². The van der Waals surface area contributed by atoms with Gasteiger partial charge in [-0.25, -0.2) is 0 Å². The van der Waals surface area contributed by atoms with Gasteiger partial charge < -0.3 is 4.57 Å². The lowest BCUT2D eigenvalue weighted by atomic mass is 10.1. The molecule has 0 amide bonds. The molecule has 16 heavy (non-hydrogen) atoms. The molecule has 88 valence electrons.